The van der Waals surface area contributed by atoms with Crippen LogP contribution in [-0.2, 0) is 11.2 Å². The zero-order valence-corrected chi connectivity index (χ0v) is 14.7. The molecule has 1 saturated carbocycles. The third kappa shape index (κ3) is 6.56. The molecule has 3 N–H and O–H groups in total. The predicted molar refractivity (Wildman–Crippen MR) is 92.7 cm³/mol. The molecule has 1 aliphatic carbocycles. The van der Waals surface area contributed by atoms with Crippen molar-refractivity contribution in [2.75, 3.05) is 11.9 Å². The van der Waals surface area contributed by atoms with Gasteiger partial charge < -0.3 is 10.6 Å². The lowest BCUT2D eigenvalue weighted by molar-refractivity contribution is -0.120. The number of rotatable bonds is 6. The molecular weight excluding hydrogens is 312 g/mol. The number of hydrogen-bond acceptors (Lipinski definition) is 4. The van der Waals surface area contributed by atoms with Crippen LogP contribution in [-0.4, -0.2) is 29.5 Å². The van der Waals surface area contributed by atoms with Gasteiger partial charge in [-0.1, -0.05) is 33.1 Å². The highest BCUT2D eigenvalue weighted by Gasteiger charge is 2.16. The Balaban J connectivity index is 1.75. The largest absolute Gasteiger partial charge is 0.356 e. The number of nitrogens with one attached hydrogen (secondary N) is 3. The molecule has 6 nitrogen and oxygen atoms in total. The summed E-state index contributed by atoms with van der Waals surface area (Å²) in [6.07, 6.45) is 5.96. The normalized spacial score (nSPS) is 15.4. The molecule has 1 fully saturated rings. The molecule has 1 aromatic rings. The number of anilines is 1. The van der Waals surface area contributed by atoms with Crippen LogP contribution >= 0.6 is 11.3 Å². The van der Waals surface area contributed by atoms with Gasteiger partial charge in [0, 0.05) is 18.0 Å². The van der Waals surface area contributed by atoms with E-state index in [0.29, 0.717) is 23.3 Å². The fraction of sp³-hybridized carbons (Fsp3) is 0.688. The van der Waals surface area contributed by atoms with Gasteiger partial charge in [-0.25, -0.2) is 9.78 Å². The molecule has 0 radical (unpaired) electrons. The third-order valence-electron chi connectivity index (χ3n) is 3.76. The molecule has 0 atom stereocenters. The van der Waals surface area contributed by atoms with Crippen LogP contribution < -0.4 is 16.0 Å². The molecule has 23 heavy (non-hydrogen) atoms. The van der Waals surface area contributed by atoms with E-state index in [9.17, 15) is 9.59 Å². The Morgan fingerprint density at radius 2 is 2.04 bits per heavy atom. The molecule has 128 valence electrons. The zero-order chi connectivity index (χ0) is 16.7. The molecule has 1 heterocycles. The fourth-order valence-corrected chi connectivity index (χ4v) is 3.26. The molecule has 1 aliphatic rings. The van der Waals surface area contributed by atoms with Crippen molar-refractivity contribution in [3.63, 3.8) is 0 Å². The smallest absolute Gasteiger partial charge is 0.321 e. The molecule has 0 spiro atoms. The number of carbonyl (C=O) groups is 2. The Hall–Kier alpha value is -1.63. The molecule has 7 heteroatoms. The van der Waals surface area contributed by atoms with Crippen LogP contribution in [0.15, 0.2) is 5.38 Å². The van der Waals surface area contributed by atoms with Gasteiger partial charge in [-0.3, -0.25) is 10.1 Å². The maximum Gasteiger partial charge on any atom is 0.321 e. The van der Waals surface area contributed by atoms with E-state index >= 15 is 0 Å². The number of amides is 3. The lowest BCUT2D eigenvalue weighted by Gasteiger charge is -2.22. The highest BCUT2D eigenvalue weighted by molar-refractivity contribution is 7.13. The maximum absolute atomic E-state index is 12.0. The van der Waals surface area contributed by atoms with Gasteiger partial charge in [0.1, 0.15) is 0 Å². The average molecular weight is 338 g/mol. The quantitative estimate of drug-likeness (QED) is 0.746. The van der Waals surface area contributed by atoms with Crippen molar-refractivity contribution in [1.82, 2.24) is 15.6 Å². The van der Waals surface area contributed by atoms with Gasteiger partial charge in [0.2, 0.25) is 5.91 Å². The van der Waals surface area contributed by atoms with Gasteiger partial charge in [-0.05, 0) is 18.8 Å². The summed E-state index contributed by atoms with van der Waals surface area (Å²) in [4.78, 5) is 28.0. The predicted octanol–water partition coefficient (Wildman–Crippen LogP) is 2.91. The molecule has 0 unspecified atom stereocenters. The van der Waals surface area contributed by atoms with Crippen molar-refractivity contribution in [3.8, 4) is 0 Å². The van der Waals surface area contributed by atoms with Crippen LogP contribution in [0, 0.1) is 5.92 Å². The van der Waals surface area contributed by atoms with Gasteiger partial charge in [-0.15, -0.1) is 11.3 Å². The summed E-state index contributed by atoms with van der Waals surface area (Å²) < 4.78 is 0. The Labute approximate surface area is 141 Å². The first-order valence-corrected chi connectivity index (χ1v) is 9.19. The summed E-state index contributed by atoms with van der Waals surface area (Å²) in [5.41, 5.74) is 0.684. The first kappa shape index (κ1) is 17.7. The van der Waals surface area contributed by atoms with E-state index in [1.165, 1.54) is 30.6 Å². The van der Waals surface area contributed by atoms with Crippen molar-refractivity contribution < 1.29 is 9.59 Å². The molecule has 3 amide bonds. The van der Waals surface area contributed by atoms with Gasteiger partial charge in [0.25, 0.3) is 0 Å². The van der Waals surface area contributed by atoms with Crippen LogP contribution in [0.3, 0.4) is 0 Å². The number of urea groups is 1. The average Bonchev–Trinajstić information content (AvgIpc) is 2.93. The van der Waals surface area contributed by atoms with Crippen LogP contribution in [0.25, 0.3) is 0 Å². The first-order valence-electron chi connectivity index (χ1n) is 8.31. The van der Waals surface area contributed by atoms with E-state index in [2.05, 4.69) is 34.8 Å². The number of aromatic nitrogens is 1. The number of carbonyl (C=O) groups excluding carboxylic acids is 2. The van der Waals surface area contributed by atoms with E-state index < -0.39 is 0 Å². The van der Waals surface area contributed by atoms with E-state index in [0.717, 1.165) is 12.8 Å². The fourth-order valence-electron chi connectivity index (χ4n) is 2.56. The lowest BCUT2D eigenvalue weighted by atomic mass is 9.96. The van der Waals surface area contributed by atoms with E-state index in [-0.39, 0.29) is 24.4 Å². The molecule has 1 aromatic heterocycles. The van der Waals surface area contributed by atoms with Crippen LogP contribution in [0.5, 0.6) is 0 Å². The van der Waals surface area contributed by atoms with Gasteiger partial charge >= 0.3 is 6.03 Å². The summed E-state index contributed by atoms with van der Waals surface area (Å²) in [5.74, 6) is 0.386. The topological polar surface area (TPSA) is 83.1 Å². The number of thiazole rings is 1. The zero-order valence-electron chi connectivity index (χ0n) is 13.9. The molecule has 0 saturated heterocycles. The van der Waals surface area contributed by atoms with Gasteiger partial charge in [-0.2, -0.15) is 0 Å². The van der Waals surface area contributed by atoms with E-state index in [1.54, 1.807) is 0 Å². The molecule has 2 rings (SSSR count). The molecular formula is C16H26N4O2S. The van der Waals surface area contributed by atoms with Crippen molar-refractivity contribution in [3.05, 3.63) is 11.1 Å². The minimum Gasteiger partial charge on any atom is -0.356 e. The Morgan fingerprint density at radius 1 is 1.30 bits per heavy atom. The van der Waals surface area contributed by atoms with Crippen LogP contribution in [0.2, 0.25) is 0 Å². The van der Waals surface area contributed by atoms with E-state index in [1.807, 2.05) is 5.38 Å². The highest BCUT2D eigenvalue weighted by atomic mass is 32.1. The minimum absolute atomic E-state index is 0.0396. The number of nitrogens with zero attached hydrogens (tertiary/aromatic N) is 1. The number of hydrogen-bond donors (Lipinski definition) is 3. The summed E-state index contributed by atoms with van der Waals surface area (Å²) in [5, 5.41) is 11.0. The summed E-state index contributed by atoms with van der Waals surface area (Å²) in [6, 6.07) is 0.0621. The van der Waals surface area contributed by atoms with Crippen molar-refractivity contribution >= 4 is 28.4 Å². The summed E-state index contributed by atoms with van der Waals surface area (Å²) in [7, 11) is 0. The molecule has 0 aliphatic heterocycles. The third-order valence-corrected chi connectivity index (χ3v) is 4.57. The summed E-state index contributed by atoms with van der Waals surface area (Å²) >= 11 is 1.34. The second-order valence-corrected chi connectivity index (χ2v) is 7.31. The standard InChI is InChI=1S/C16H26N4O2S/c1-11(2)9-17-14(21)8-13-10-23-16(19-13)20-15(22)18-12-6-4-3-5-7-12/h10-12H,3-9H2,1-2H3,(H,17,21)(H2,18,19,20,22). The monoisotopic (exact) mass is 338 g/mol. The van der Waals surface area contributed by atoms with Crippen molar-refractivity contribution in [2.24, 2.45) is 5.92 Å². The van der Waals surface area contributed by atoms with Crippen LogP contribution in [0.4, 0.5) is 9.93 Å². The van der Waals surface area contributed by atoms with Gasteiger partial charge in [0.05, 0.1) is 12.1 Å². The Morgan fingerprint density at radius 3 is 2.74 bits per heavy atom. The minimum atomic E-state index is -0.206. The summed E-state index contributed by atoms with van der Waals surface area (Å²) in [6.45, 7) is 4.77. The second-order valence-electron chi connectivity index (χ2n) is 6.45. The molecule has 0 bridgehead atoms. The van der Waals surface area contributed by atoms with Crippen molar-refractivity contribution in [1.29, 1.82) is 0 Å². The van der Waals surface area contributed by atoms with E-state index in [4.69, 9.17) is 0 Å². The maximum atomic E-state index is 12.0. The second kappa shape index (κ2) is 8.86. The van der Waals surface area contributed by atoms with Crippen LogP contribution in [0.1, 0.15) is 51.6 Å². The highest BCUT2D eigenvalue weighted by Crippen LogP contribution is 2.18. The lowest BCUT2D eigenvalue weighted by Crippen LogP contribution is -2.39. The first-order chi connectivity index (χ1) is 11.0. The Bertz CT molecular complexity index is 524. The Kier molecular flexibility index (Phi) is 6.83. The van der Waals surface area contributed by atoms with Crippen molar-refractivity contribution in [2.45, 2.75) is 58.4 Å². The van der Waals surface area contributed by atoms with Gasteiger partial charge in [0.15, 0.2) is 5.13 Å². The SMILES string of the molecule is CC(C)CNC(=O)Cc1csc(NC(=O)NC2CCCCC2)n1. The molecule has 0 aromatic carbocycles.